The predicted octanol–water partition coefficient (Wildman–Crippen LogP) is 4.03. The molecule has 1 aliphatic carbocycles. The Kier molecular flexibility index (Phi) is 6.77. The van der Waals surface area contributed by atoms with E-state index in [0.717, 1.165) is 22.4 Å². The quantitative estimate of drug-likeness (QED) is 0.507. The number of hydrogen-bond acceptors (Lipinski definition) is 6. The zero-order valence-electron chi connectivity index (χ0n) is 17.6. The molecule has 0 fully saturated rings. The van der Waals surface area contributed by atoms with Crippen molar-refractivity contribution in [3.63, 3.8) is 0 Å². The number of allylic oxidation sites excluding steroid dienone is 2. The summed E-state index contributed by atoms with van der Waals surface area (Å²) in [5, 5.41) is 0. The fraction of sp³-hybridized carbons (Fsp3) is 0.333. The third-order valence-electron chi connectivity index (χ3n) is 5.30. The minimum atomic E-state index is -0.898. The minimum Gasteiger partial charge on any atom is -0.497 e. The van der Waals surface area contributed by atoms with E-state index in [9.17, 15) is 9.59 Å². The van der Waals surface area contributed by atoms with Gasteiger partial charge in [0, 0.05) is 5.92 Å². The maximum absolute atomic E-state index is 13.0. The van der Waals surface area contributed by atoms with Gasteiger partial charge in [-0.05, 0) is 60.4 Å². The maximum Gasteiger partial charge on any atom is 0.317 e. The van der Waals surface area contributed by atoms with Crippen LogP contribution in [0.25, 0.3) is 5.57 Å². The van der Waals surface area contributed by atoms with Gasteiger partial charge in [-0.15, -0.1) is 0 Å². The van der Waals surface area contributed by atoms with E-state index in [1.54, 1.807) is 40.4 Å². The summed E-state index contributed by atoms with van der Waals surface area (Å²) in [5.41, 5.74) is 2.60. The van der Waals surface area contributed by atoms with Crippen molar-refractivity contribution in [2.75, 3.05) is 27.9 Å². The first-order valence-corrected chi connectivity index (χ1v) is 9.79. The number of rotatable bonds is 7. The number of benzene rings is 2. The van der Waals surface area contributed by atoms with E-state index in [4.69, 9.17) is 18.9 Å². The second kappa shape index (κ2) is 9.48. The summed E-state index contributed by atoms with van der Waals surface area (Å²) >= 11 is 0. The van der Waals surface area contributed by atoms with Crippen LogP contribution in [0.2, 0.25) is 0 Å². The van der Waals surface area contributed by atoms with Gasteiger partial charge in [0.05, 0.1) is 27.9 Å². The molecular formula is C24H26O6. The molecule has 6 nitrogen and oxygen atoms in total. The molecule has 6 heteroatoms. The van der Waals surface area contributed by atoms with E-state index in [1.165, 1.54) is 0 Å². The highest BCUT2D eigenvalue weighted by atomic mass is 16.5. The Morgan fingerprint density at radius 3 is 2.27 bits per heavy atom. The van der Waals surface area contributed by atoms with Gasteiger partial charge in [0.15, 0.2) is 17.3 Å². The van der Waals surface area contributed by atoms with Gasteiger partial charge in [-0.3, -0.25) is 9.59 Å². The first kappa shape index (κ1) is 21.4. The normalized spacial score (nSPS) is 18.4. The van der Waals surface area contributed by atoms with Crippen molar-refractivity contribution in [1.82, 2.24) is 0 Å². The van der Waals surface area contributed by atoms with Gasteiger partial charge >= 0.3 is 5.97 Å². The Hall–Kier alpha value is -3.28. The molecule has 0 aliphatic heterocycles. The highest BCUT2D eigenvalue weighted by Gasteiger charge is 2.40. The van der Waals surface area contributed by atoms with E-state index in [1.807, 2.05) is 36.4 Å². The van der Waals surface area contributed by atoms with Crippen LogP contribution in [0, 0.1) is 5.92 Å². The molecule has 0 radical (unpaired) electrons. The summed E-state index contributed by atoms with van der Waals surface area (Å²) in [5.74, 6) is -0.170. The van der Waals surface area contributed by atoms with Crippen LogP contribution in [0.15, 0.2) is 48.5 Å². The van der Waals surface area contributed by atoms with Crippen molar-refractivity contribution in [3.8, 4) is 17.2 Å². The largest absolute Gasteiger partial charge is 0.497 e. The summed E-state index contributed by atoms with van der Waals surface area (Å²) in [6.07, 6.45) is 2.07. The van der Waals surface area contributed by atoms with E-state index in [0.29, 0.717) is 17.9 Å². The van der Waals surface area contributed by atoms with Crippen LogP contribution in [-0.2, 0) is 14.3 Å². The Labute approximate surface area is 176 Å². The second-order valence-corrected chi connectivity index (χ2v) is 6.96. The second-order valence-electron chi connectivity index (χ2n) is 6.96. The van der Waals surface area contributed by atoms with Crippen molar-refractivity contribution < 1.29 is 28.5 Å². The highest BCUT2D eigenvalue weighted by Crippen LogP contribution is 2.42. The standard InChI is InChI=1S/C24H26O6/c1-5-30-24(26)23-19(16-8-11-21(28-3)22(14-16)29-4)12-17(13-20(23)25)15-6-9-18(27-2)10-7-15/h6-11,13-14,19,23H,5,12H2,1-4H3/t19-,23-/m1/s1. The van der Waals surface area contributed by atoms with Gasteiger partial charge in [0.2, 0.25) is 0 Å². The molecule has 3 rings (SSSR count). The van der Waals surface area contributed by atoms with Crippen molar-refractivity contribution in [3.05, 3.63) is 59.7 Å². The molecule has 0 heterocycles. The molecule has 0 aromatic heterocycles. The summed E-state index contributed by atoms with van der Waals surface area (Å²) in [4.78, 5) is 25.7. The predicted molar refractivity (Wildman–Crippen MR) is 113 cm³/mol. The molecule has 158 valence electrons. The zero-order chi connectivity index (χ0) is 21.7. The van der Waals surface area contributed by atoms with Crippen LogP contribution in [0.1, 0.15) is 30.4 Å². The fourth-order valence-corrected chi connectivity index (χ4v) is 3.79. The average molecular weight is 410 g/mol. The van der Waals surface area contributed by atoms with Crippen LogP contribution in [0.5, 0.6) is 17.2 Å². The number of carbonyl (C=O) groups excluding carboxylic acids is 2. The lowest BCUT2D eigenvalue weighted by Crippen LogP contribution is -2.34. The molecule has 0 saturated carbocycles. The number of methoxy groups -OCH3 is 3. The summed E-state index contributed by atoms with van der Waals surface area (Å²) in [7, 11) is 4.72. The Morgan fingerprint density at radius 2 is 1.67 bits per heavy atom. The molecule has 2 aromatic carbocycles. The molecular weight excluding hydrogens is 384 g/mol. The molecule has 2 aromatic rings. The topological polar surface area (TPSA) is 71.1 Å². The van der Waals surface area contributed by atoms with Gasteiger partial charge in [0.25, 0.3) is 0 Å². The number of ether oxygens (including phenoxy) is 4. The SMILES string of the molecule is CCOC(=O)[C@H]1C(=O)C=C(c2ccc(OC)cc2)C[C@@H]1c1ccc(OC)c(OC)c1. The fourth-order valence-electron chi connectivity index (χ4n) is 3.79. The minimum absolute atomic E-state index is 0.219. The summed E-state index contributed by atoms with van der Waals surface area (Å²) in [6.45, 7) is 1.95. The van der Waals surface area contributed by atoms with Gasteiger partial charge < -0.3 is 18.9 Å². The van der Waals surface area contributed by atoms with Crippen LogP contribution < -0.4 is 14.2 Å². The van der Waals surface area contributed by atoms with Crippen molar-refractivity contribution in [2.45, 2.75) is 19.3 Å². The number of carbonyl (C=O) groups is 2. The number of ketones is 1. The maximum atomic E-state index is 13.0. The van der Waals surface area contributed by atoms with Crippen molar-refractivity contribution >= 4 is 17.3 Å². The first-order valence-electron chi connectivity index (χ1n) is 9.79. The molecule has 2 atom stereocenters. The van der Waals surface area contributed by atoms with Gasteiger partial charge in [-0.1, -0.05) is 18.2 Å². The molecule has 0 saturated heterocycles. The third-order valence-corrected chi connectivity index (χ3v) is 5.30. The van der Waals surface area contributed by atoms with Crippen LogP contribution >= 0.6 is 0 Å². The lowest BCUT2D eigenvalue weighted by Gasteiger charge is -2.30. The molecule has 1 aliphatic rings. The van der Waals surface area contributed by atoms with E-state index in [2.05, 4.69) is 0 Å². The molecule has 0 unspecified atom stereocenters. The monoisotopic (exact) mass is 410 g/mol. The summed E-state index contributed by atoms with van der Waals surface area (Å²) in [6, 6.07) is 13.0. The first-order chi connectivity index (χ1) is 14.5. The van der Waals surface area contributed by atoms with Crippen LogP contribution in [0.4, 0.5) is 0 Å². The lowest BCUT2D eigenvalue weighted by molar-refractivity contribution is -0.151. The Balaban J connectivity index is 2.03. The molecule has 0 spiro atoms. The Bertz CT molecular complexity index is 945. The lowest BCUT2D eigenvalue weighted by atomic mass is 9.73. The smallest absolute Gasteiger partial charge is 0.317 e. The summed E-state index contributed by atoms with van der Waals surface area (Å²) < 4.78 is 21.2. The molecule has 30 heavy (non-hydrogen) atoms. The van der Waals surface area contributed by atoms with E-state index in [-0.39, 0.29) is 18.3 Å². The molecule has 0 N–H and O–H groups in total. The van der Waals surface area contributed by atoms with E-state index >= 15 is 0 Å². The molecule has 0 amide bonds. The number of hydrogen-bond donors (Lipinski definition) is 0. The Morgan fingerprint density at radius 1 is 0.967 bits per heavy atom. The average Bonchev–Trinajstić information content (AvgIpc) is 2.78. The van der Waals surface area contributed by atoms with Crippen LogP contribution in [-0.4, -0.2) is 39.7 Å². The van der Waals surface area contributed by atoms with Gasteiger partial charge in [0.1, 0.15) is 11.7 Å². The van der Waals surface area contributed by atoms with Crippen molar-refractivity contribution in [2.24, 2.45) is 5.92 Å². The van der Waals surface area contributed by atoms with E-state index < -0.39 is 11.9 Å². The van der Waals surface area contributed by atoms with Crippen LogP contribution in [0.3, 0.4) is 0 Å². The number of esters is 1. The van der Waals surface area contributed by atoms with Gasteiger partial charge in [-0.2, -0.15) is 0 Å². The molecule has 0 bridgehead atoms. The van der Waals surface area contributed by atoms with Gasteiger partial charge in [-0.25, -0.2) is 0 Å². The highest BCUT2D eigenvalue weighted by molar-refractivity contribution is 6.10. The van der Waals surface area contributed by atoms with Crippen molar-refractivity contribution in [1.29, 1.82) is 0 Å². The zero-order valence-corrected chi connectivity index (χ0v) is 17.6. The third kappa shape index (κ3) is 4.32.